The van der Waals surface area contributed by atoms with Gasteiger partial charge in [0.25, 0.3) is 0 Å². The summed E-state index contributed by atoms with van der Waals surface area (Å²) >= 11 is 13.6. The summed E-state index contributed by atoms with van der Waals surface area (Å²) in [5.41, 5.74) is 0.870. The van der Waals surface area contributed by atoms with E-state index in [4.69, 9.17) is 23.2 Å². The fourth-order valence-corrected chi connectivity index (χ4v) is 3.23. The maximum absolute atomic E-state index is 12.5. The van der Waals surface area contributed by atoms with Crippen molar-refractivity contribution in [1.29, 1.82) is 0 Å². The first kappa shape index (κ1) is 15.6. The minimum atomic E-state index is 0.0435. The predicted octanol–water partition coefficient (Wildman–Crippen LogP) is 5.26. The summed E-state index contributed by atoms with van der Waals surface area (Å²) < 4.78 is 0. The molecule has 1 aromatic heterocycles. The van der Waals surface area contributed by atoms with Gasteiger partial charge >= 0.3 is 0 Å². The van der Waals surface area contributed by atoms with Crippen LogP contribution in [0.5, 0.6) is 0 Å². The molecule has 0 aliphatic heterocycles. The van der Waals surface area contributed by atoms with Gasteiger partial charge in [-0.15, -0.1) is 11.3 Å². The van der Waals surface area contributed by atoms with E-state index < -0.39 is 0 Å². The van der Waals surface area contributed by atoms with Crippen molar-refractivity contribution in [2.45, 2.75) is 25.4 Å². The van der Waals surface area contributed by atoms with Gasteiger partial charge in [0.1, 0.15) is 0 Å². The number of nitrogens with zero attached hydrogens (tertiary/aromatic N) is 1. The molecule has 0 atom stereocenters. The van der Waals surface area contributed by atoms with Gasteiger partial charge in [-0.3, -0.25) is 4.79 Å². The van der Waals surface area contributed by atoms with Crippen LogP contribution in [0, 0.1) is 0 Å². The molecule has 0 radical (unpaired) electrons. The molecule has 2 aromatic rings. The van der Waals surface area contributed by atoms with Crippen LogP contribution in [0.3, 0.4) is 0 Å². The lowest BCUT2D eigenvalue weighted by atomic mass is 10.2. The van der Waals surface area contributed by atoms with Crippen molar-refractivity contribution in [3.05, 3.63) is 62.3 Å². The Morgan fingerprint density at radius 2 is 2.09 bits per heavy atom. The highest BCUT2D eigenvalue weighted by atomic mass is 35.5. The maximum atomic E-state index is 12.5. The van der Waals surface area contributed by atoms with Gasteiger partial charge in [-0.2, -0.15) is 0 Å². The lowest BCUT2D eigenvalue weighted by Gasteiger charge is -2.19. The van der Waals surface area contributed by atoms with Crippen molar-refractivity contribution < 1.29 is 4.79 Å². The van der Waals surface area contributed by atoms with Gasteiger partial charge in [-0.25, -0.2) is 0 Å². The van der Waals surface area contributed by atoms with Crippen molar-refractivity contribution in [3.63, 3.8) is 0 Å². The summed E-state index contributed by atoms with van der Waals surface area (Å²) in [6.07, 6.45) is 5.59. The summed E-state index contributed by atoms with van der Waals surface area (Å²) in [6.45, 7) is 0.687. The molecule has 1 aliphatic carbocycles. The minimum absolute atomic E-state index is 0.0435. The van der Waals surface area contributed by atoms with Gasteiger partial charge in [0.2, 0.25) is 5.91 Å². The van der Waals surface area contributed by atoms with Gasteiger partial charge in [-0.1, -0.05) is 35.3 Å². The summed E-state index contributed by atoms with van der Waals surface area (Å²) in [4.78, 5) is 15.6. The monoisotopic (exact) mass is 351 g/mol. The molecule has 1 aliphatic rings. The van der Waals surface area contributed by atoms with Crippen molar-refractivity contribution in [2.24, 2.45) is 0 Å². The summed E-state index contributed by atoms with van der Waals surface area (Å²) in [6, 6.07) is 9.80. The van der Waals surface area contributed by atoms with Crippen LogP contribution >= 0.6 is 34.5 Å². The number of halogens is 2. The minimum Gasteiger partial charge on any atom is -0.331 e. The second-order valence-electron chi connectivity index (χ2n) is 5.28. The van der Waals surface area contributed by atoms with Crippen LogP contribution in [0.4, 0.5) is 0 Å². The number of hydrogen-bond acceptors (Lipinski definition) is 2. The van der Waals surface area contributed by atoms with Crippen LogP contribution in [0.15, 0.2) is 41.8 Å². The fraction of sp³-hybridized carbons (Fsp3) is 0.235. The lowest BCUT2D eigenvalue weighted by molar-refractivity contribution is -0.127. The van der Waals surface area contributed by atoms with E-state index in [1.807, 2.05) is 22.4 Å². The molecule has 1 amide bonds. The molecule has 22 heavy (non-hydrogen) atoms. The molecule has 0 saturated heterocycles. The highest BCUT2D eigenvalue weighted by molar-refractivity contribution is 7.09. The molecule has 0 N–H and O–H groups in total. The van der Waals surface area contributed by atoms with Gasteiger partial charge < -0.3 is 4.90 Å². The molecular formula is C17H15Cl2NOS. The first-order chi connectivity index (χ1) is 10.6. The normalized spacial score (nSPS) is 14.5. The second-order valence-corrected chi connectivity index (χ2v) is 7.13. The number of rotatable bonds is 5. The van der Waals surface area contributed by atoms with E-state index in [0.29, 0.717) is 22.6 Å². The van der Waals surface area contributed by atoms with Gasteiger partial charge in [0.05, 0.1) is 16.6 Å². The zero-order valence-corrected chi connectivity index (χ0v) is 14.2. The Morgan fingerprint density at radius 1 is 1.27 bits per heavy atom. The van der Waals surface area contributed by atoms with Crippen molar-refractivity contribution in [1.82, 2.24) is 4.90 Å². The zero-order chi connectivity index (χ0) is 15.5. The predicted molar refractivity (Wildman–Crippen MR) is 93.4 cm³/mol. The first-order valence-corrected chi connectivity index (χ1v) is 8.73. The van der Waals surface area contributed by atoms with E-state index in [-0.39, 0.29) is 5.91 Å². The maximum Gasteiger partial charge on any atom is 0.247 e. The molecule has 3 rings (SSSR count). The Balaban J connectivity index is 1.70. The van der Waals surface area contributed by atoms with Crippen LogP contribution < -0.4 is 0 Å². The van der Waals surface area contributed by atoms with Gasteiger partial charge in [0, 0.05) is 17.0 Å². The summed E-state index contributed by atoms with van der Waals surface area (Å²) in [7, 11) is 0. The molecule has 1 saturated carbocycles. The quantitative estimate of drug-likeness (QED) is 0.672. The molecule has 0 spiro atoms. The van der Waals surface area contributed by atoms with Gasteiger partial charge in [0.15, 0.2) is 0 Å². The van der Waals surface area contributed by atoms with Crippen LogP contribution in [0.1, 0.15) is 23.3 Å². The van der Waals surface area contributed by atoms with E-state index in [1.54, 1.807) is 35.6 Å². The number of amides is 1. The number of carbonyl (C=O) groups excluding carboxylic acids is 1. The van der Waals surface area contributed by atoms with E-state index in [0.717, 1.165) is 18.4 Å². The largest absolute Gasteiger partial charge is 0.331 e. The van der Waals surface area contributed by atoms with Crippen molar-refractivity contribution >= 4 is 46.5 Å². The Bertz CT molecular complexity index is 693. The smallest absolute Gasteiger partial charge is 0.247 e. The Kier molecular flexibility index (Phi) is 4.87. The summed E-state index contributed by atoms with van der Waals surface area (Å²) in [5.74, 6) is 0.0435. The van der Waals surface area contributed by atoms with E-state index in [1.165, 1.54) is 4.88 Å². The molecule has 5 heteroatoms. The molecule has 0 bridgehead atoms. The van der Waals surface area contributed by atoms with Crippen molar-refractivity contribution in [2.75, 3.05) is 0 Å². The lowest BCUT2D eigenvalue weighted by Crippen LogP contribution is -2.30. The third kappa shape index (κ3) is 3.92. The van der Waals surface area contributed by atoms with E-state index in [9.17, 15) is 4.79 Å². The first-order valence-electron chi connectivity index (χ1n) is 7.09. The van der Waals surface area contributed by atoms with Crippen LogP contribution in [-0.2, 0) is 11.3 Å². The molecule has 114 valence electrons. The fourth-order valence-electron chi connectivity index (χ4n) is 2.22. The molecule has 1 aromatic carbocycles. The SMILES string of the molecule is O=C(/C=C/c1ccc(Cl)c(Cl)c1)N(Cc1cccs1)C1CC1. The average Bonchev–Trinajstić information content (AvgIpc) is 3.22. The third-order valence-corrected chi connectivity index (χ3v) is 5.14. The standard InChI is InChI=1S/C17H15Cl2NOS/c18-15-7-3-12(10-16(15)19)4-8-17(21)20(13-5-6-13)11-14-2-1-9-22-14/h1-4,7-10,13H,5-6,11H2/b8-4+. The highest BCUT2D eigenvalue weighted by Crippen LogP contribution is 2.29. The highest BCUT2D eigenvalue weighted by Gasteiger charge is 2.31. The Hall–Kier alpha value is -1.29. The average molecular weight is 352 g/mol. The second kappa shape index (κ2) is 6.86. The number of benzene rings is 1. The zero-order valence-electron chi connectivity index (χ0n) is 11.8. The van der Waals surface area contributed by atoms with E-state index >= 15 is 0 Å². The molecule has 2 nitrogen and oxygen atoms in total. The van der Waals surface area contributed by atoms with Crippen LogP contribution in [0.25, 0.3) is 6.08 Å². The molecule has 0 unspecified atom stereocenters. The number of hydrogen-bond donors (Lipinski definition) is 0. The molecule has 1 heterocycles. The topological polar surface area (TPSA) is 20.3 Å². The number of carbonyl (C=O) groups is 1. The number of thiophene rings is 1. The van der Waals surface area contributed by atoms with Crippen LogP contribution in [0.2, 0.25) is 10.0 Å². The summed E-state index contributed by atoms with van der Waals surface area (Å²) in [5, 5.41) is 3.05. The van der Waals surface area contributed by atoms with E-state index in [2.05, 4.69) is 6.07 Å². The third-order valence-electron chi connectivity index (χ3n) is 3.54. The Labute approximate surface area is 144 Å². The molecular weight excluding hydrogens is 337 g/mol. The molecule has 1 fully saturated rings. The van der Waals surface area contributed by atoms with Crippen molar-refractivity contribution in [3.8, 4) is 0 Å². The Morgan fingerprint density at radius 3 is 2.73 bits per heavy atom. The van der Waals surface area contributed by atoms with Crippen LogP contribution in [-0.4, -0.2) is 16.8 Å². The van der Waals surface area contributed by atoms with Gasteiger partial charge in [-0.05, 0) is 48.1 Å².